The van der Waals surface area contributed by atoms with Crippen LogP contribution in [0.2, 0.25) is 0 Å². The van der Waals surface area contributed by atoms with Gasteiger partial charge in [-0.05, 0) is 24.8 Å². The predicted octanol–water partition coefficient (Wildman–Crippen LogP) is 3.51. The van der Waals surface area contributed by atoms with E-state index in [4.69, 9.17) is 0 Å². The van der Waals surface area contributed by atoms with Gasteiger partial charge in [0.15, 0.2) is 0 Å². The summed E-state index contributed by atoms with van der Waals surface area (Å²) in [5.41, 5.74) is 2.30. The normalized spacial score (nSPS) is 10.7. The Hall–Kier alpha value is -2.10. The summed E-state index contributed by atoms with van der Waals surface area (Å²) in [6.45, 7) is 8.07. The average Bonchev–Trinajstić information content (AvgIpc) is 2.46. The van der Waals surface area contributed by atoms with Crippen molar-refractivity contribution in [1.82, 2.24) is 9.97 Å². The molecule has 0 aliphatic heterocycles. The second kappa shape index (κ2) is 7.62. The smallest absolute Gasteiger partial charge is 0.224 e. The van der Waals surface area contributed by atoms with E-state index in [0.29, 0.717) is 11.9 Å². The Balaban J connectivity index is 1.90. The largest absolute Gasteiger partial charge is 0.370 e. The lowest BCUT2D eigenvalue weighted by atomic mass is 10.1. The molecule has 21 heavy (non-hydrogen) atoms. The lowest BCUT2D eigenvalue weighted by Crippen LogP contribution is -2.13. The minimum atomic E-state index is 0.573. The van der Waals surface area contributed by atoms with E-state index in [2.05, 4.69) is 58.7 Å². The molecule has 4 nitrogen and oxygen atoms in total. The summed E-state index contributed by atoms with van der Waals surface area (Å²) < 4.78 is 0. The molecule has 2 aromatic rings. The zero-order valence-corrected chi connectivity index (χ0v) is 13.1. The van der Waals surface area contributed by atoms with E-state index in [9.17, 15) is 0 Å². The number of hydrogen-bond donors (Lipinski definition) is 2. The molecule has 0 aliphatic carbocycles. The molecule has 0 spiro atoms. The molecule has 0 radical (unpaired) electrons. The maximum Gasteiger partial charge on any atom is 0.224 e. The van der Waals surface area contributed by atoms with Crippen LogP contribution in [0.15, 0.2) is 36.4 Å². The third-order valence-corrected chi connectivity index (χ3v) is 3.09. The van der Waals surface area contributed by atoms with Crippen LogP contribution < -0.4 is 10.6 Å². The predicted molar refractivity (Wildman–Crippen MR) is 88.7 cm³/mol. The maximum atomic E-state index is 4.50. The van der Waals surface area contributed by atoms with Crippen molar-refractivity contribution in [3.05, 3.63) is 47.7 Å². The van der Waals surface area contributed by atoms with Gasteiger partial charge in [0.25, 0.3) is 0 Å². The van der Waals surface area contributed by atoms with Crippen molar-refractivity contribution in [2.24, 2.45) is 5.92 Å². The number of nitrogens with zero attached hydrogens (tertiary/aromatic N) is 2. The highest BCUT2D eigenvalue weighted by Crippen LogP contribution is 2.10. The molecule has 0 amide bonds. The van der Waals surface area contributed by atoms with Crippen LogP contribution in [0.5, 0.6) is 0 Å². The first kappa shape index (κ1) is 15.3. The van der Waals surface area contributed by atoms with Crippen molar-refractivity contribution >= 4 is 11.8 Å². The van der Waals surface area contributed by atoms with Crippen LogP contribution in [-0.4, -0.2) is 23.1 Å². The van der Waals surface area contributed by atoms with E-state index in [1.165, 1.54) is 5.56 Å². The van der Waals surface area contributed by atoms with E-state index >= 15 is 0 Å². The fraction of sp³-hybridized carbons (Fsp3) is 0.412. The molecular weight excluding hydrogens is 260 g/mol. The van der Waals surface area contributed by atoms with Gasteiger partial charge in [-0.2, -0.15) is 4.98 Å². The molecule has 0 saturated carbocycles. The van der Waals surface area contributed by atoms with Crippen LogP contribution in [0.25, 0.3) is 0 Å². The molecule has 0 bridgehead atoms. The van der Waals surface area contributed by atoms with Crippen LogP contribution in [-0.2, 0) is 6.42 Å². The van der Waals surface area contributed by atoms with Gasteiger partial charge >= 0.3 is 0 Å². The minimum absolute atomic E-state index is 0.573. The van der Waals surface area contributed by atoms with Gasteiger partial charge in [-0.1, -0.05) is 44.2 Å². The van der Waals surface area contributed by atoms with Gasteiger partial charge in [-0.3, -0.25) is 0 Å². The second-order valence-corrected chi connectivity index (χ2v) is 5.66. The molecule has 1 heterocycles. The van der Waals surface area contributed by atoms with Crippen LogP contribution in [0.4, 0.5) is 11.8 Å². The standard InChI is InChI=1S/C17H24N4/c1-13(2)12-19-17-20-14(3)11-16(21-17)18-10-9-15-7-5-4-6-8-15/h4-8,11,13H,9-10,12H2,1-3H3,(H2,18,19,20,21). The average molecular weight is 284 g/mol. The Kier molecular flexibility index (Phi) is 5.55. The summed E-state index contributed by atoms with van der Waals surface area (Å²) in [7, 11) is 0. The summed E-state index contributed by atoms with van der Waals surface area (Å²) in [6.07, 6.45) is 0.985. The van der Waals surface area contributed by atoms with Gasteiger partial charge < -0.3 is 10.6 Å². The van der Waals surface area contributed by atoms with Crippen LogP contribution in [0.1, 0.15) is 25.1 Å². The van der Waals surface area contributed by atoms with Crippen molar-refractivity contribution in [2.45, 2.75) is 27.2 Å². The van der Waals surface area contributed by atoms with Crippen molar-refractivity contribution in [2.75, 3.05) is 23.7 Å². The monoisotopic (exact) mass is 284 g/mol. The molecule has 0 fully saturated rings. The summed E-state index contributed by atoms with van der Waals surface area (Å²) in [4.78, 5) is 8.91. The van der Waals surface area contributed by atoms with Gasteiger partial charge in [0, 0.05) is 24.8 Å². The summed E-state index contributed by atoms with van der Waals surface area (Å²) in [6, 6.07) is 12.4. The van der Waals surface area contributed by atoms with E-state index in [1.807, 2.05) is 19.1 Å². The van der Waals surface area contributed by atoms with Crippen LogP contribution >= 0.6 is 0 Å². The molecular formula is C17H24N4. The number of rotatable bonds is 7. The van der Waals surface area contributed by atoms with Crippen molar-refractivity contribution in [3.63, 3.8) is 0 Å². The summed E-state index contributed by atoms with van der Waals surface area (Å²) in [5.74, 6) is 2.15. The summed E-state index contributed by atoms with van der Waals surface area (Å²) >= 11 is 0. The number of anilines is 2. The van der Waals surface area contributed by atoms with Gasteiger partial charge in [-0.25, -0.2) is 4.98 Å². The SMILES string of the molecule is Cc1cc(NCCc2ccccc2)nc(NCC(C)C)n1. The molecule has 0 atom stereocenters. The Labute approximate surface area is 127 Å². The fourth-order valence-corrected chi connectivity index (χ4v) is 2.01. The molecule has 112 valence electrons. The third kappa shape index (κ3) is 5.42. The molecule has 4 heteroatoms. The first-order valence-electron chi connectivity index (χ1n) is 7.51. The van der Waals surface area contributed by atoms with Crippen molar-refractivity contribution in [1.29, 1.82) is 0 Å². The molecule has 1 aromatic heterocycles. The lowest BCUT2D eigenvalue weighted by molar-refractivity contribution is 0.684. The van der Waals surface area contributed by atoms with Gasteiger partial charge in [0.2, 0.25) is 5.95 Å². The first-order chi connectivity index (χ1) is 10.1. The lowest BCUT2D eigenvalue weighted by Gasteiger charge is -2.11. The topological polar surface area (TPSA) is 49.8 Å². The fourth-order valence-electron chi connectivity index (χ4n) is 2.01. The molecule has 2 rings (SSSR count). The number of aromatic nitrogens is 2. The van der Waals surface area contributed by atoms with Gasteiger partial charge in [-0.15, -0.1) is 0 Å². The van der Waals surface area contributed by atoms with E-state index in [0.717, 1.165) is 31.0 Å². The van der Waals surface area contributed by atoms with Crippen LogP contribution in [0, 0.1) is 12.8 Å². The van der Waals surface area contributed by atoms with E-state index < -0.39 is 0 Å². The van der Waals surface area contributed by atoms with Gasteiger partial charge in [0.1, 0.15) is 5.82 Å². The van der Waals surface area contributed by atoms with Crippen LogP contribution in [0.3, 0.4) is 0 Å². The summed E-state index contributed by atoms with van der Waals surface area (Å²) in [5, 5.41) is 6.64. The second-order valence-electron chi connectivity index (χ2n) is 5.66. The number of hydrogen-bond acceptors (Lipinski definition) is 4. The Morgan fingerprint density at radius 1 is 1.05 bits per heavy atom. The molecule has 0 aliphatic rings. The molecule has 2 N–H and O–H groups in total. The van der Waals surface area contributed by atoms with E-state index in [1.54, 1.807) is 0 Å². The zero-order valence-electron chi connectivity index (χ0n) is 13.1. The third-order valence-electron chi connectivity index (χ3n) is 3.09. The maximum absolute atomic E-state index is 4.50. The zero-order chi connectivity index (χ0) is 15.1. The quantitative estimate of drug-likeness (QED) is 0.817. The number of benzene rings is 1. The van der Waals surface area contributed by atoms with Crippen molar-refractivity contribution in [3.8, 4) is 0 Å². The highest BCUT2D eigenvalue weighted by molar-refractivity contribution is 5.42. The van der Waals surface area contributed by atoms with E-state index in [-0.39, 0.29) is 0 Å². The van der Waals surface area contributed by atoms with Gasteiger partial charge in [0.05, 0.1) is 0 Å². The highest BCUT2D eigenvalue weighted by Gasteiger charge is 2.03. The Bertz CT molecular complexity index is 552. The molecule has 0 unspecified atom stereocenters. The van der Waals surface area contributed by atoms with Crippen molar-refractivity contribution < 1.29 is 0 Å². The molecule has 0 saturated heterocycles. The minimum Gasteiger partial charge on any atom is -0.370 e. The molecule has 1 aromatic carbocycles. The first-order valence-corrected chi connectivity index (χ1v) is 7.51. The number of nitrogens with one attached hydrogen (secondary N) is 2. The Morgan fingerprint density at radius 2 is 1.81 bits per heavy atom. The Morgan fingerprint density at radius 3 is 2.52 bits per heavy atom. The number of aryl methyl sites for hydroxylation is 1. The highest BCUT2D eigenvalue weighted by atomic mass is 15.1.